The van der Waals surface area contributed by atoms with E-state index in [1.54, 1.807) is 32.2 Å². The van der Waals surface area contributed by atoms with Crippen molar-refractivity contribution in [1.29, 1.82) is 0 Å². The average molecular weight is 305 g/mol. The highest BCUT2D eigenvalue weighted by Crippen LogP contribution is 2.20. The van der Waals surface area contributed by atoms with Crippen molar-refractivity contribution in [3.05, 3.63) is 41.6 Å². The lowest BCUT2D eigenvalue weighted by molar-refractivity contribution is 0.350. The van der Waals surface area contributed by atoms with Gasteiger partial charge in [-0.05, 0) is 36.8 Å². The molecule has 0 aliphatic carbocycles. The van der Waals surface area contributed by atoms with E-state index in [0.717, 1.165) is 5.56 Å². The summed E-state index contributed by atoms with van der Waals surface area (Å²) in [7, 11) is -2.11. The number of benzene rings is 1. The fourth-order valence-corrected chi connectivity index (χ4v) is 3.08. The van der Waals surface area contributed by atoms with E-state index < -0.39 is 10.0 Å². The number of hydrogen-bond donors (Lipinski definition) is 2. The fourth-order valence-electron chi connectivity index (χ4n) is 1.82. The number of aryl methyl sites for hydroxylation is 2. The Balaban J connectivity index is 2.30. The van der Waals surface area contributed by atoms with Crippen LogP contribution in [0.3, 0.4) is 0 Å². The highest BCUT2D eigenvalue weighted by molar-refractivity contribution is 7.92. The fraction of sp³-hybridized carbons (Fsp3) is 0.214. The maximum atomic E-state index is 12.3. The summed E-state index contributed by atoms with van der Waals surface area (Å²) in [6.45, 7) is 1.57. The molecular weight excluding hydrogens is 290 g/mol. The third kappa shape index (κ3) is 3.42. The molecular formula is C14H15N3O3S. The van der Waals surface area contributed by atoms with E-state index in [2.05, 4.69) is 21.7 Å². The quantitative estimate of drug-likeness (QED) is 0.824. The Bertz CT molecular complexity index is 813. The van der Waals surface area contributed by atoms with Crippen LogP contribution in [-0.2, 0) is 17.1 Å². The average Bonchev–Trinajstić information content (AvgIpc) is 2.86. The van der Waals surface area contributed by atoms with Gasteiger partial charge in [-0.25, -0.2) is 0 Å². The van der Waals surface area contributed by atoms with Crippen LogP contribution in [0.5, 0.6) is 0 Å². The first-order chi connectivity index (χ1) is 9.94. The van der Waals surface area contributed by atoms with E-state index >= 15 is 0 Å². The molecule has 2 aromatic rings. The third-order valence-corrected chi connectivity index (χ3v) is 4.27. The minimum Gasteiger partial charge on any atom is -0.384 e. The van der Waals surface area contributed by atoms with Gasteiger partial charge in [0.25, 0.3) is 10.0 Å². The molecule has 0 saturated heterocycles. The van der Waals surface area contributed by atoms with E-state index in [9.17, 15) is 8.42 Å². The molecule has 2 rings (SSSR count). The van der Waals surface area contributed by atoms with Gasteiger partial charge in [0, 0.05) is 12.6 Å². The highest BCUT2D eigenvalue weighted by Gasteiger charge is 2.18. The van der Waals surface area contributed by atoms with Crippen molar-refractivity contribution in [2.45, 2.75) is 11.9 Å². The summed E-state index contributed by atoms with van der Waals surface area (Å²) in [5.41, 5.74) is 1.93. The van der Waals surface area contributed by atoms with E-state index in [0.29, 0.717) is 11.3 Å². The molecule has 1 aromatic heterocycles. The number of aliphatic hydroxyl groups excluding tert-OH is 1. The maximum absolute atomic E-state index is 12.3. The van der Waals surface area contributed by atoms with E-state index in [4.69, 9.17) is 5.11 Å². The Kier molecular flexibility index (Phi) is 4.31. The van der Waals surface area contributed by atoms with Crippen LogP contribution in [0.15, 0.2) is 35.5 Å². The van der Waals surface area contributed by atoms with E-state index in [1.807, 2.05) is 0 Å². The summed E-state index contributed by atoms with van der Waals surface area (Å²) >= 11 is 0. The number of sulfonamides is 1. The molecule has 110 valence electrons. The summed E-state index contributed by atoms with van der Waals surface area (Å²) in [5.74, 6) is 5.32. The van der Waals surface area contributed by atoms with Crippen LogP contribution in [0.2, 0.25) is 0 Å². The predicted octanol–water partition coefficient (Wildman–Crippen LogP) is 0.873. The largest absolute Gasteiger partial charge is 0.384 e. The van der Waals surface area contributed by atoms with Crippen LogP contribution in [0.25, 0.3) is 0 Å². The van der Waals surface area contributed by atoms with Gasteiger partial charge in [0.05, 0.1) is 11.9 Å². The Labute approximate surface area is 123 Å². The molecule has 0 saturated carbocycles. The molecule has 2 N–H and O–H groups in total. The molecule has 0 atom stereocenters. The third-order valence-electron chi connectivity index (χ3n) is 2.83. The highest BCUT2D eigenvalue weighted by atomic mass is 32.2. The summed E-state index contributed by atoms with van der Waals surface area (Å²) in [5, 5.41) is 12.6. The lowest BCUT2D eigenvalue weighted by Gasteiger charge is -2.10. The molecule has 0 amide bonds. The van der Waals surface area contributed by atoms with Crippen LogP contribution in [-0.4, -0.2) is 29.9 Å². The zero-order valence-corrected chi connectivity index (χ0v) is 12.5. The van der Waals surface area contributed by atoms with Crippen molar-refractivity contribution in [2.24, 2.45) is 7.05 Å². The van der Waals surface area contributed by atoms with E-state index in [-0.39, 0.29) is 11.6 Å². The molecule has 1 heterocycles. The standard InChI is InChI=1S/C14H15N3O3S/c1-11-10-12(4-3-9-18)5-6-13(11)16-21(19,20)14-7-8-15-17(14)2/h5-8,10,16,18H,9H2,1-2H3. The van der Waals surface area contributed by atoms with Crippen molar-refractivity contribution < 1.29 is 13.5 Å². The van der Waals surface area contributed by atoms with Gasteiger partial charge in [-0.3, -0.25) is 9.40 Å². The van der Waals surface area contributed by atoms with Crippen LogP contribution in [0, 0.1) is 18.8 Å². The number of anilines is 1. The van der Waals surface area contributed by atoms with Crippen LogP contribution < -0.4 is 4.72 Å². The number of rotatable bonds is 3. The molecule has 7 heteroatoms. The Morgan fingerprint density at radius 2 is 2.14 bits per heavy atom. The van der Waals surface area contributed by atoms with Gasteiger partial charge in [0.1, 0.15) is 6.61 Å². The Morgan fingerprint density at radius 3 is 2.71 bits per heavy atom. The number of nitrogens with zero attached hydrogens (tertiary/aromatic N) is 2. The second-order valence-corrected chi connectivity index (χ2v) is 6.02. The van der Waals surface area contributed by atoms with Crippen LogP contribution in [0.4, 0.5) is 5.69 Å². The van der Waals surface area contributed by atoms with Gasteiger partial charge < -0.3 is 5.11 Å². The summed E-state index contributed by atoms with van der Waals surface area (Å²) in [6.07, 6.45) is 1.43. The summed E-state index contributed by atoms with van der Waals surface area (Å²) in [4.78, 5) is 0. The van der Waals surface area contributed by atoms with Gasteiger partial charge in [-0.15, -0.1) is 0 Å². The predicted molar refractivity (Wildman–Crippen MR) is 79.2 cm³/mol. The van der Waals surface area contributed by atoms with Crippen molar-refractivity contribution >= 4 is 15.7 Å². The maximum Gasteiger partial charge on any atom is 0.279 e. The first-order valence-corrected chi connectivity index (χ1v) is 7.63. The number of aliphatic hydroxyl groups is 1. The molecule has 0 bridgehead atoms. The Hall–Kier alpha value is -2.30. The monoisotopic (exact) mass is 305 g/mol. The minimum absolute atomic E-state index is 0.0889. The molecule has 0 fully saturated rings. The summed E-state index contributed by atoms with van der Waals surface area (Å²) < 4.78 is 28.3. The lowest BCUT2D eigenvalue weighted by Crippen LogP contribution is -2.17. The van der Waals surface area contributed by atoms with Gasteiger partial charge in [-0.2, -0.15) is 13.5 Å². The number of aromatic nitrogens is 2. The smallest absolute Gasteiger partial charge is 0.279 e. The van der Waals surface area contributed by atoms with Crippen LogP contribution >= 0.6 is 0 Å². The first kappa shape index (κ1) is 15.1. The number of nitrogens with one attached hydrogen (secondary N) is 1. The normalized spacial score (nSPS) is 10.8. The molecule has 0 unspecified atom stereocenters. The van der Waals surface area contributed by atoms with Gasteiger partial charge in [0.15, 0.2) is 5.03 Å². The molecule has 0 aliphatic rings. The molecule has 6 nitrogen and oxygen atoms in total. The molecule has 0 aliphatic heterocycles. The SMILES string of the molecule is Cc1cc(C#CCO)ccc1NS(=O)(=O)c1ccnn1C. The van der Waals surface area contributed by atoms with Crippen molar-refractivity contribution in [1.82, 2.24) is 9.78 Å². The molecule has 1 aromatic carbocycles. The summed E-state index contributed by atoms with van der Waals surface area (Å²) in [6, 6.07) is 6.52. The number of hydrogen-bond acceptors (Lipinski definition) is 4. The van der Waals surface area contributed by atoms with Crippen molar-refractivity contribution in [2.75, 3.05) is 11.3 Å². The molecule has 0 radical (unpaired) electrons. The second kappa shape index (κ2) is 5.99. The first-order valence-electron chi connectivity index (χ1n) is 6.15. The zero-order chi connectivity index (χ0) is 15.5. The van der Waals surface area contributed by atoms with Crippen molar-refractivity contribution in [3.8, 4) is 11.8 Å². The van der Waals surface area contributed by atoms with E-state index in [1.165, 1.54) is 16.9 Å². The lowest BCUT2D eigenvalue weighted by atomic mass is 10.1. The van der Waals surface area contributed by atoms with Crippen LogP contribution in [0.1, 0.15) is 11.1 Å². The van der Waals surface area contributed by atoms with Gasteiger partial charge in [-0.1, -0.05) is 11.8 Å². The minimum atomic E-state index is -3.68. The van der Waals surface area contributed by atoms with Crippen molar-refractivity contribution in [3.63, 3.8) is 0 Å². The topological polar surface area (TPSA) is 84.2 Å². The van der Waals surface area contributed by atoms with Gasteiger partial charge in [0.2, 0.25) is 0 Å². The zero-order valence-electron chi connectivity index (χ0n) is 11.7. The Morgan fingerprint density at radius 1 is 1.38 bits per heavy atom. The van der Waals surface area contributed by atoms with Gasteiger partial charge >= 0.3 is 0 Å². The molecule has 21 heavy (non-hydrogen) atoms. The molecule has 0 spiro atoms. The second-order valence-electron chi connectivity index (χ2n) is 4.39.